The Bertz CT molecular complexity index is 1150. The molecule has 1 radical (unpaired) electrons. The third kappa shape index (κ3) is 58.0. The number of aliphatic carboxylic acids is 12. The van der Waals surface area contributed by atoms with Crippen molar-refractivity contribution in [2.45, 2.75) is 0 Å². The summed E-state index contributed by atoms with van der Waals surface area (Å²) in [6.45, 7) is -6.75. The van der Waals surface area contributed by atoms with E-state index < -0.39 is 150 Å². The molecule has 0 aliphatic carbocycles. The number of hydrogen-bond acceptors (Lipinski definition) is 18. The van der Waals surface area contributed by atoms with Crippen molar-refractivity contribution in [2.24, 2.45) is 0 Å². The van der Waals surface area contributed by atoms with E-state index in [0.717, 1.165) is 29.4 Å². The average Bonchev–Trinajstić information content (AvgIpc) is 3.02. The van der Waals surface area contributed by atoms with E-state index in [1.165, 1.54) is 0 Å². The van der Waals surface area contributed by atoms with Crippen LogP contribution in [0.4, 0.5) is 0 Å². The van der Waals surface area contributed by atoms with E-state index >= 15 is 0 Å². The van der Waals surface area contributed by atoms with E-state index in [0.29, 0.717) is 0 Å². The summed E-state index contributed by atoms with van der Waals surface area (Å²) in [5.41, 5.74) is 0. The zero-order chi connectivity index (χ0) is 47.1. The summed E-state index contributed by atoms with van der Waals surface area (Å²) in [4.78, 5) is 133. The Morgan fingerprint density at radius 1 is 0.200 bits per heavy atom. The molecule has 65 heavy (non-hydrogen) atoms. The Kier molecular flexibility index (Phi) is 54.3. The van der Waals surface area contributed by atoms with Crippen LogP contribution >= 0.6 is 0 Å². The Morgan fingerprint density at radius 3 is 0.308 bits per heavy atom. The second-order valence-corrected chi connectivity index (χ2v) is 12.0. The first-order valence-electron chi connectivity index (χ1n) is 16.6. The van der Waals surface area contributed by atoms with Gasteiger partial charge in [-0.1, -0.05) is 0 Å². The number of rotatable bonds is 33. The monoisotopic (exact) mass is 1150 g/mol. The Morgan fingerprint density at radius 2 is 0.262 bits per heavy atom. The average molecular weight is 1160 g/mol. The maximum absolute atomic E-state index is 10.6. The molecule has 0 amide bonds. The van der Waals surface area contributed by atoms with Crippen LogP contribution in [-0.4, -0.2) is 280 Å². The molecule has 381 valence electrons. The van der Waals surface area contributed by atoms with Crippen LogP contribution in [0.3, 0.4) is 0 Å². The van der Waals surface area contributed by atoms with Gasteiger partial charge in [0.1, 0.15) is 0 Å². The molecule has 0 unspecified atom stereocenters. The standard InChI is InChI=1S/3C10H16N2O8.4Fe.Mn/c3*13-7(14)3-11(4-8(15)16)1-2-12(5-9(17)18)6-10(19)20;;;;;/h3*1-6H2,(H,13,14)(H,15,16)(H,17,18)(H,19,20);;;;;. The van der Waals surface area contributed by atoms with Gasteiger partial charge < -0.3 is 61.3 Å². The maximum atomic E-state index is 10.6. The molecule has 0 saturated carbocycles. The molecule has 0 aromatic carbocycles. The van der Waals surface area contributed by atoms with Gasteiger partial charge in [0, 0.05) is 125 Å². The summed E-state index contributed by atoms with van der Waals surface area (Å²) in [6.07, 6.45) is 0. The van der Waals surface area contributed by atoms with Gasteiger partial charge >= 0.3 is 71.6 Å². The number of carboxylic acids is 12. The minimum atomic E-state index is -1.23. The molecule has 12 N–H and O–H groups in total. The zero-order valence-electron chi connectivity index (χ0n) is 33.5. The molecule has 0 aliphatic heterocycles. The molecule has 35 heteroatoms. The van der Waals surface area contributed by atoms with Gasteiger partial charge in [0.25, 0.3) is 0 Å². The van der Waals surface area contributed by atoms with Crippen molar-refractivity contribution in [1.29, 1.82) is 0 Å². The van der Waals surface area contributed by atoms with E-state index in [-0.39, 0.29) is 125 Å². The molecule has 30 nitrogen and oxygen atoms in total. The maximum Gasteiger partial charge on any atom is 0.317 e. The van der Waals surface area contributed by atoms with Crippen LogP contribution in [0, 0.1) is 0 Å². The van der Waals surface area contributed by atoms with Gasteiger partial charge in [-0.3, -0.25) is 86.9 Å². The van der Waals surface area contributed by atoms with Crippen molar-refractivity contribution < 1.29 is 204 Å². The smallest absolute Gasteiger partial charge is 0.317 e. The Balaban J connectivity index is -0.000000120. The molecule has 0 spiro atoms. The van der Waals surface area contributed by atoms with Gasteiger partial charge in [0.05, 0.1) is 78.5 Å². The topological polar surface area (TPSA) is 467 Å². The van der Waals surface area contributed by atoms with Gasteiger partial charge in [-0.05, 0) is 0 Å². The van der Waals surface area contributed by atoms with Crippen LogP contribution in [0.5, 0.6) is 0 Å². The first kappa shape index (κ1) is 78.2. The molecule has 0 rings (SSSR count). The van der Waals surface area contributed by atoms with Crippen LogP contribution in [0.25, 0.3) is 0 Å². The number of hydrogen-bond donors (Lipinski definition) is 12. The van der Waals surface area contributed by atoms with Crippen LogP contribution < -0.4 is 0 Å². The number of carboxylic acid groups (broad SMARTS) is 12. The summed E-state index contributed by atoms with van der Waals surface area (Å²) in [6, 6.07) is 0. The summed E-state index contributed by atoms with van der Waals surface area (Å²) in [5.74, 6) is -14.7. The van der Waals surface area contributed by atoms with Crippen molar-refractivity contribution in [3.05, 3.63) is 0 Å². The van der Waals surface area contributed by atoms with E-state index in [9.17, 15) is 57.5 Å². The zero-order valence-corrected chi connectivity index (χ0v) is 39.1. The van der Waals surface area contributed by atoms with Crippen molar-refractivity contribution in [3.63, 3.8) is 0 Å². The summed E-state index contributed by atoms with van der Waals surface area (Å²) in [5, 5.41) is 103. The minimum Gasteiger partial charge on any atom is -0.480 e. The fourth-order valence-corrected chi connectivity index (χ4v) is 4.43. The van der Waals surface area contributed by atoms with Crippen LogP contribution in [0.1, 0.15) is 0 Å². The number of carbonyl (C=O) groups is 12. The third-order valence-corrected chi connectivity index (χ3v) is 6.50. The number of nitrogens with zero attached hydrogens (tertiary/aromatic N) is 6. The quantitative estimate of drug-likeness (QED) is 0.0272. The summed E-state index contributed by atoms with van der Waals surface area (Å²) in [7, 11) is 0. The third-order valence-electron chi connectivity index (χ3n) is 6.50. The fourth-order valence-electron chi connectivity index (χ4n) is 4.43. The minimum absolute atomic E-state index is 0. The van der Waals surface area contributed by atoms with Gasteiger partial charge in [-0.15, -0.1) is 0 Å². The molecular weight excluding hydrogens is 1110 g/mol. The van der Waals surface area contributed by atoms with Gasteiger partial charge in [-0.25, -0.2) is 0 Å². The fraction of sp³-hybridized carbons (Fsp3) is 0.600. The summed E-state index contributed by atoms with van der Waals surface area (Å²) < 4.78 is 0. The van der Waals surface area contributed by atoms with Gasteiger partial charge in [0.15, 0.2) is 0 Å². The molecule has 0 aromatic heterocycles. The Labute approximate surface area is 420 Å². The molecule has 0 heterocycles. The van der Waals surface area contributed by atoms with Crippen molar-refractivity contribution in [1.82, 2.24) is 29.4 Å². The second-order valence-electron chi connectivity index (χ2n) is 12.0. The molecule has 0 fully saturated rings. The van der Waals surface area contributed by atoms with E-state index in [4.69, 9.17) is 61.3 Å². The molecular formula is C30H48Fe4MnN6O24. The van der Waals surface area contributed by atoms with E-state index in [2.05, 4.69) is 0 Å². The molecule has 0 saturated heterocycles. The van der Waals surface area contributed by atoms with Crippen molar-refractivity contribution in [2.75, 3.05) is 118 Å². The predicted octanol–water partition coefficient (Wildman–Crippen LogP) is -6.23. The molecule has 0 bridgehead atoms. The van der Waals surface area contributed by atoms with Crippen LogP contribution in [-0.2, 0) is 143 Å². The first-order valence-corrected chi connectivity index (χ1v) is 16.6. The first-order chi connectivity index (χ1) is 27.6. The van der Waals surface area contributed by atoms with Crippen LogP contribution in [0.15, 0.2) is 0 Å². The van der Waals surface area contributed by atoms with Crippen molar-refractivity contribution in [3.8, 4) is 0 Å². The molecule has 0 atom stereocenters. The molecule has 0 aliphatic rings. The van der Waals surface area contributed by atoms with Crippen LogP contribution in [0.2, 0.25) is 0 Å². The van der Waals surface area contributed by atoms with Crippen molar-refractivity contribution >= 4 is 71.6 Å². The second kappa shape index (κ2) is 45.2. The predicted molar refractivity (Wildman–Crippen MR) is 190 cm³/mol. The van der Waals surface area contributed by atoms with Gasteiger partial charge in [-0.2, -0.15) is 0 Å². The SMILES string of the molecule is O=C(O)CN(CCN(CC(=O)O)CC(=O)O)CC(=O)O.O=C(O)CN(CCN(CC(=O)O)CC(=O)O)CC(=O)O.O=C(O)CN(CCN(CC(=O)O)CC(=O)O)CC(=O)O.[Fe].[Fe].[Fe].[Fe].[Mn]. The van der Waals surface area contributed by atoms with Gasteiger partial charge in [0.2, 0.25) is 0 Å². The Hall–Kier alpha value is -4.00. The summed E-state index contributed by atoms with van der Waals surface area (Å²) >= 11 is 0. The van der Waals surface area contributed by atoms with E-state index in [1.54, 1.807) is 0 Å². The molecule has 0 aromatic rings. The normalized spacial score (nSPS) is 9.88. The largest absolute Gasteiger partial charge is 0.480 e. The van der Waals surface area contributed by atoms with E-state index in [1.807, 2.05) is 0 Å².